The summed E-state index contributed by atoms with van der Waals surface area (Å²) in [6.07, 6.45) is 9.71. The summed E-state index contributed by atoms with van der Waals surface area (Å²) in [6, 6.07) is 0. The van der Waals surface area contributed by atoms with Gasteiger partial charge in [-0.25, -0.2) is 0 Å². The molecule has 2 bridgehead atoms. The largest absolute Gasteiger partial charge is 0.379 e. The topological polar surface area (TPSA) is 55.4 Å². The van der Waals surface area contributed by atoms with E-state index >= 15 is 0 Å². The summed E-state index contributed by atoms with van der Waals surface area (Å²) in [5, 5.41) is 0. The first kappa shape index (κ1) is 23.0. The molecule has 6 nitrogen and oxygen atoms in total. The predicted octanol–water partition coefficient (Wildman–Crippen LogP) is 3.36. The average molecular weight is 389 g/mol. The first-order valence-corrected chi connectivity index (χ1v) is 11.0. The Morgan fingerprint density at radius 2 is 0.630 bits per heavy atom. The number of hydrogen-bond acceptors (Lipinski definition) is 6. The molecule has 0 N–H and O–H groups in total. The Balaban J connectivity index is 1.86. The second-order valence-corrected chi connectivity index (χ2v) is 7.47. The van der Waals surface area contributed by atoms with Gasteiger partial charge in [-0.15, -0.1) is 0 Å². The van der Waals surface area contributed by atoms with E-state index in [2.05, 4.69) is 0 Å². The first-order chi connectivity index (χ1) is 13.4. The van der Waals surface area contributed by atoms with E-state index in [1.807, 2.05) is 0 Å². The summed E-state index contributed by atoms with van der Waals surface area (Å²) in [5.41, 5.74) is 0. The highest BCUT2D eigenvalue weighted by Crippen LogP contribution is 2.07. The fourth-order valence-electron chi connectivity index (χ4n) is 3.20. The predicted molar refractivity (Wildman–Crippen MR) is 104 cm³/mol. The van der Waals surface area contributed by atoms with Crippen LogP contribution in [0.3, 0.4) is 0 Å². The fraction of sp³-hybridized carbons (Fsp3) is 1.00. The van der Waals surface area contributed by atoms with Gasteiger partial charge in [0.05, 0.1) is 26.4 Å². The number of hydrogen-bond donors (Lipinski definition) is 0. The van der Waals surface area contributed by atoms with Crippen molar-refractivity contribution in [3.63, 3.8) is 0 Å². The molecule has 2 aliphatic heterocycles. The summed E-state index contributed by atoms with van der Waals surface area (Å²) < 4.78 is 35.4. The van der Waals surface area contributed by atoms with E-state index in [4.69, 9.17) is 28.4 Å². The fourth-order valence-corrected chi connectivity index (χ4v) is 3.20. The standard InChI is InChI=1S/C21H40O6/c1-4-10-22-16-20-18-24-12-6-2-7-13-25-19-21(17-23-11-5-1)27-15-9-3-8-14-26-20/h20-21H,1-19H2. The smallest absolute Gasteiger partial charge is 0.104 e. The zero-order chi connectivity index (χ0) is 18.8. The van der Waals surface area contributed by atoms with Gasteiger partial charge >= 0.3 is 0 Å². The molecule has 0 aliphatic carbocycles. The quantitative estimate of drug-likeness (QED) is 0.634. The van der Waals surface area contributed by atoms with Crippen molar-refractivity contribution in [2.24, 2.45) is 0 Å². The summed E-state index contributed by atoms with van der Waals surface area (Å²) >= 11 is 0. The van der Waals surface area contributed by atoms with Gasteiger partial charge in [-0.05, 0) is 57.8 Å². The van der Waals surface area contributed by atoms with Crippen LogP contribution in [0.2, 0.25) is 0 Å². The average Bonchev–Trinajstić information content (AvgIpc) is 2.67. The summed E-state index contributed by atoms with van der Waals surface area (Å²) in [4.78, 5) is 0. The summed E-state index contributed by atoms with van der Waals surface area (Å²) in [6.45, 7) is 7.10. The van der Waals surface area contributed by atoms with Gasteiger partial charge in [-0.3, -0.25) is 0 Å². The number of rotatable bonds is 0. The van der Waals surface area contributed by atoms with Gasteiger partial charge in [0.25, 0.3) is 0 Å². The van der Waals surface area contributed by atoms with Gasteiger partial charge in [-0.2, -0.15) is 0 Å². The van der Waals surface area contributed by atoms with Crippen LogP contribution in [0.4, 0.5) is 0 Å². The van der Waals surface area contributed by atoms with Crippen LogP contribution in [0.15, 0.2) is 0 Å². The highest BCUT2D eigenvalue weighted by atomic mass is 16.6. The van der Waals surface area contributed by atoms with Crippen LogP contribution in [0.25, 0.3) is 0 Å². The van der Waals surface area contributed by atoms with Gasteiger partial charge < -0.3 is 28.4 Å². The second-order valence-electron chi connectivity index (χ2n) is 7.47. The lowest BCUT2D eigenvalue weighted by Gasteiger charge is -2.20. The van der Waals surface area contributed by atoms with Crippen LogP contribution in [0, 0.1) is 0 Å². The van der Waals surface area contributed by atoms with Crippen LogP contribution in [-0.4, -0.2) is 78.3 Å². The Kier molecular flexibility index (Phi) is 14.2. The van der Waals surface area contributed by atoms with Crippen molar-refractivity contribution in [1.82, 2.24) is 0 Å². The maximum atomic E-state index is 6.02. The molecule has 2 rings (SSSR count). The van der Waals surface area contributed by atoms with E-state index in [9.17, 15) is 0 Å². The third-order valence-corrected chi connectivity index (χ3v) is 4.87. The van der Waals surface area contributed by atoms with Gasteiger partial charge in [0.15, 0.2) is 0 Å². The van der Waals surface area contributed by atoms with Crippen LogP contribution in [0.5, 0.6) is 0 Å². The van der Waals surface area contributed by atoms with Crippen molar-refractivity contribution in [2.75, 3.05) is 66.1 Å². The molecule has 0 saturated carbocycles. The normalized spacial score (nSPS) is 30.2. The minimum atomic E-state index is 0.0371. The third kappa shape index (κ3) is 12.8. The van der Waals surface area contributed by atoms with E-state index < -0.39 is 0 Å². The zero-order valence-electron chi connectivity index (χ0n) is 17.0. The molecule has 0 aromatic heterocycles. The van der Waals surface area contributed by atoms with Gasteiger partial charge in [0.2, 0.25) is 0 Å². The van der Waals surface area contributed by atoms with Crippen molar-refractivity contribution in [2.45, 2.75) is 70.0 Å². The van der Waals surface area contributed by atoms with Crippen molar-refractivity contribution in [3.05, 3.63) is 0 Å². The number of fused-ring (bicyclic) bond motifs is 8. The minimum absolute atomic E-state index is 0.0371. The molecule has 0 spiro atoms. The van der Waals surface area contributed by atoms with E-state index in [-0.39, 0.29) is 12.2 Å². The zero-order valence-corrected chi connectivity index (χ0v) is 17.0. The lowest BCUT2D eigenvalue weighted by atomic mass is 10.2. The van der Waals surface area contributed by atoms with Crippen molar-refractivity contribution < 1.29 is 28.4 Å². The molecule has 2 saturated heterocycles. The van der Waals surface area contributed by atoms with Crippen molar-refractivity contribution in [3.8, 4) is 0 Å². The molecule has 0 amide bonds. The maximum Gasteiger partial charge on any atom is 0.104 e. The van der Waals surface area contributed by atoms with Crippen LogP contribution < -0.4 is 0 Å². The van der Waals surface area contributed by atoms with E-state index in [1.165, 1.54) is 0 Å². The van der Waals surface area contributed by atoms with Gasteiger partial charge in [-0.1, -0.05) is 0 Å². The van der Waals surface area contributed by atoms with Crippen molar-refractivity contribution in [1.29, 1.82) is 0 Å². The van der Waals surface area contributed by atoms with E-state index in [0.717, 1.165) is 97.4 Å². The molecule has 2 heterocycles. The Bertz CT molecular complexity index is 278. The Morgan fingerprint density at radius 1 is 0.333 bits per heavy atom. The van der Waals surface area contributed by atoms with E-state index in [0.29, 0.717) is 26.4 Å². The lowest BCUT2D eigenvalue weighted by Crippen LogP contribution is -2.28. The van der Waals surface area contributed by atoms with Crippen LogP contribution >= 0.6 is 0 Å². The maximum absolute atomic E-state index is 6.02. The molecule has 0 aromatic rings. The Morgan fingerprint density at radius 3 is 0.963 bits per heavy atom. The van der Waals surface area contributed by atoms with Gasteiger partial charge in [0, 0.05) is 39.6 Å². The molecule has 0 unspecified atom stereocenters. The van der Waals surface area contributed by atoms with Crippen molar-refractivity contribution >= 4 is 0 Å². The number of ether oxygens (including phenoxy) is 6. The molecule has 6 heteroatoms. The second kappa shape index (κ2) is 16.7. The third-order valence-electron chi connectivity index (χ3n) is 4.87. The highest BCUT2D eigenvalue weighted by Gasteiger charge is 2.12. The molecule has 2 fully saturated rings. The summed E-state index contributed by atoms with van der Waals surface area (Å²) in [7, 11) is 0. The SMILES string of the molecule is C1CCOCC2COCCCCCOCC(COCC1)OCCCCCO2. The highest BCUT2D eigenvalue weighted by molar-refractivity contribution is 4.59. The first-order valence-electron chi connectivity index (χ1n) is 11.0. The van der Waals surface area contributed by atoms with E-state index in [1.54, 1.807) is 0 Å². The van der Waals surface area contributed by atoms with Crippen LogP contribution in [0.1, 0.15) is 57.8 Å². The molecule has 0 radical (unpaired) electrons. The van der Waals surface area contributed by atoms with Gasteiger partial charge in [0.1, 0.15) is 12.2 Å². The molecule has 0 atom stereocenters. The molecule has 160 valence electrons. The molecule has 27 heavy (non-hydrogen) atoms. The molecule has 2 aliphatic rings. The lowest BCUT2D eigenvalue weighted by molar-refractivity contribution is -0.0701. The molecule has 0 aromatic carbocycles. The molecular weight excluding hydrogens is 348 g/mol. The minimum Gasteiger partial charge on any atom is -0.379 e. The Labute approximate surface area is 165 Å². The summed E-state index contributed by atoms with van der Waals surface area (Å²) in [5.74, 6) is 0. The Hall–Kier alpha value is -0.240. The monoisotopic (exact) mass is 388 g/mol. The van der Waals surface area contributed by atoms with Crippen LogP contribution in [-0.2, 0) is 28.4 Å². The molecular formula is C21H40O6.